The van der Waals surface area contributed by atoms with Gasteiger partial charge in [-0.1, -0.05) is 64.1 Å². The SMILES string of the molecule is CCC1CCCC(NC(C)c2ccc(Br)cc2Br)C1. The Hall–Kier alpha value is 0.140. The molecule has 0 aromatic heterocycles. The summed E-state index contributed by atoms with van der Waals surface area (Å²) in [6.07, 6.45) is 6.80. The molecule has 0 saturated heterocycles. The van der Waals surface area contributed by atoms with Crippen molar-refractivity contribution in [1.29, 1.82) is 0 Å². The zero-order valence-electron chi connectivity index (χ0n) is 11.8. The molecule has 1 fully saturated rings. The maximum absolute atomic E-state index is 3.81. The molecular formula is C16H23Br2N. The van der Waals surface area contributed by atoms with Crippen molar-refractivity contribution < 1.29 is 0 Å². The van der Waals surface area contributed by atoms with Gasteiger partial charge >= 0.3 is 0 Å². The first-order valence-corrected chi connectivity index (χ1v) is 8.89. The van der Waals surface area contributed by atoms with Crippen LogP contribution in [0.3, 0.4) is 0 Å². The van der Waals surface area contributed by atoms with Crippen molar-refractivity contribution in [2.75, 3.05) is 0 Å². The Labute approximate surface area is 133 Å². The second kappa shape index (κ2) is 7.24. The number of hydrogen-bond donors (Lipinski definition) is 1. The van der Waals surface area contributed by atoms with Crippen molar-refractivity contribution in [2.24, 2.45) is 5.92 Å². The van der Waals surface area contributed by atoms with Gasteiger partial charge in [-0.05, 0) is 43.4 Å². The lowest BCUT2D eigenvalue weighted by atomic mass is 9.84. The largest absolute Gasteiger partial charge is 0.307 e. The fourth-order valence-electron chi connectivity index (χ4n) is 3.11. The normalized spacial score (nSPS) is 25.3. The number of halogens is 2. The molecule has 0 amide bonds. The van der Waals surface area contributed by atoms with Gasteiger partial charge in [0.15, 0.2) is 0 Å². The van der Waals surface area contributed by atoms with Crippen molar-refractivity contribution in [1.82, 2.24) is 5.32 Å². The Morgan fingerprint density at radius 3 is 2.79 bits per heavy atom. The Morgan fingerprint density at radius 1 is 1.32 bits per heavy atom. The highest BCUT2D eigenvalue weighted by Crippen LogP contribution is 2.30. The minimum atomic E-state index is 0.406. The molecule has 0 radical (unpaired) electrons. The van der Waals surface area contributed by atoms with E-state index in [1.807, 2.05) is 0 Å². The van der Waals surface area contributed by atoms with Gasteiger partial charge < -0.3 is 5.32 Å². The van der Waals surface area contributed by atoms with Crippen LogP contribution in [0, 0.1) is 5.92 Å². The van der Waals surface area contributed by atoms with E-state index in [-0.39, 0.29) is 0 Å². The monoisotopic (exact) mass is 387 g/mol. The van der Waals surface area contributed by atoms with Crippen LogP contribution in [0.2, 0.25) is 0 Å². The predicted molar refractivity (Wildman–Crippen MR) is 89.4 cm³/mol. The smallest absolute Gasteiger partial charge is 0.0305 e. The average molecular weight is 389 g/mol. The standard InChI is InChI=1S/C16H23Br2N/c1-3-12-5-4-6-14(9-12)19-11(2)15-8-7-13(17)10-16(15)18/h7-8,10-12,14,19H,3-6,9H2,1-2H3. The van der Waals surface area contributed by atoms with Gasteiger partial charge in [0, 0.05) is 21.0 Å². The van der Waals surface area contributed by atoms with Crippen LogP contribution in [0.25, 0.3) is 0 Å². The molecule has 3 heteroatoms. The number of benzene rings is 1. The Morgan fingerprint density at radius 2 is 2.11 bits per heavy atom. The van der Waals surface area contributed by atoms with Gasteiger partial charge in [-0.3, -0.25) is 0 Å². The second-order valence-corrected chi connectivity index (χ2v) is 7.46. The molecule has 1 aromatic carbocycles. The summed E-state index contributed by atoms with van der Waals surface area (Å²) >= 11 is 7.18. The maximum Gasteiger partial charge on any atom is 0.0305 e. The average Bonchev–Trinajstić information content (AvgIpc) is 2.38. The van der Waals surface area contributed by atoms with Gasteiger partial charge in [0.2, 0.25) is 0 Å². The summed E-state index contributed by atoms with van der Waals surface area (Å²) in [6, 6.07) is 7.54. The predicted octanol–water partition coefficient (Wildman–Crippen LogP) is 5.83. The summed E-state index contributed by atoms with van der Waals surface area (Å²) in [5, 5.41) is 3.81. The second-order valence-electron chi connectivity index (χ2n) is 5.69. The van der Waals surface area contributed by atoms with Crippen molar-refractivity contribution in [3.8, 4) is 0 Å². The highest BCUT2D eigenvalue weighted by Gasteiger charge is 2.22. The zero-order valence-corrected chi connectivity index (χ0v) is 14.9. The van der Waals surface area contributed by atoms with Crippen LogP contribution in [-0.4, -0.2) is 6.04 Å². The van der Waals surface area contributed by atoms with Crippen molar-refractivity contribution in [3.05, 3.63) is 32.7 Å². The topological polar surface area (TPSA) is 12.0 Å². The van der Waals surface area contributed by atoms with Gasteiger partial charge in [-0.15, -0.1) is 0 Å². The van der Waals surface area contributed by atoms with E-state index in [9.17, 15) is 0 Å². The van der Waals surface area contributed by atoms with Gasteiger partial charge in [0.05, 0.1) is 0 Å². The van der Waals surface area contributed by atoms with Crippen LogP contribution in [0.1, 0.15) is 57.6 Å². The fourth-order valence-corrected chi connectivity index (χ4v) is 4.50. The van der Waals surface area contributed by atoms with E-state index in [1.54, 1.807) is 0 Å². The van der Waals surface area contributed by atoms with Gasteiger partial charge in [0.1, 0.15) is 0 Å². The first-order valence-electron chi connectivity index (χ1n) is 7.31. The fraction of sp³-hybridized carbons (Fsp3) is 0.625. The minimum Gasteiger partial charge on any atom is -0.307 e. The summed E-state index contributed by atoms with van der Waals surface area (Å²) in [5.41, 5.74) is 1.35. The molecule has 1 saturated carbocycles. The lowest BCUT2D eigenvalue weighted by Crippen LogP contribution is -2.35. The van der Waals surface area contributed by atoms with E-state index < -0.39 is 0 Å². The van der Waals surface area contributed by atoms with Crippen LogP contribution in [0.5, 0.6) is 0 Å². The molecule has 2 rings (SSSR count). The summed E-state index contributed by atoms with van der Waals surface area (Å²) in [4.78, 5) is 0. The Kier molecular flexibility index (Phi) is 5.91. The molecule has 0 spiro atoms. The minimum absolute atomic E-state index is 0.406. The summed E-state index contributed by atoms with van der Waals surface area (Å²) in [7, 11) is 0. The first-order chi connectivity index (χ1) is 9.10. The van der Waals surface area contributed by atoms with Crippen LogP contribution in [-0.2, 0) is 0 Å². The summed E-state index contributed by atoms with van der Waals surface area (Å²) < 4.78 is 2.31. The zero-order chi connectivity index (χ0) is 13.8. The molecular weight excluding hydrogens is 366 g/mol. The highest BCUT2D eigenvalue weighted by molar-refractivity contribution is 9.11. The van der Waals surface area contributed by atoms with Crippen molar-refractivity contribution in [2.45, 2.75) is 58.0 Å². The Balaban J connectivity index is 1.98. The molecule has 0 aliphatic heterocycles. The third-order valence-corrected chi connectivity index (χ3v) is 5.45. The summed E-state index contributed by atoms with van der Waals surface area (Å²) in [6.45, 7) is 4.59. The molecule has 1 N–H and O–H groups in total. The van der Waals surface area contributed by atoms with E-state index in [0.717, 1.165) is 10.4 Å². The molecule has 1 nitrogen and oxygen atoms in total. The van der Waals surface area contributed by atoms with E-state index in [0.29, 0.717) is 12.1 Å². The number of nitrogens with one attached hydrogen (secondary N) is 1. The van der Waals surface area contributed by atoms with E-state index in [1.165, 1.54) is 42.1 Å². The molecule has 3 atom stereocenters. The molecule has 1 aliphatic rings. The van der Waals surface area contributed by atoms with Crippen LogP contribution < -0.4 is 5.32 Å². The van der Waals surface area contributed by atoms with Gasteiger partial charge in [0.25, 0.3) is 0 Å². The number of rotatable bonds is 4. The molecule has 0 bridgehead atoms. The van der Waals surface area contributed by atoms with E-state index >= 15 is 0 Å². The third-order valence-electron chi connectivity index (χ3n) is 4.27. The molecule has 0 heterocycles. The van der Waals surface area contributed by atoms with Crippen LogP contribution in [0.15, 0.2) is 27.1 Å². The maximum atomic E-state index is 3.81. The lowest BCUT2D eigenvalue weighted by molar-refractivity contribution is 0.266. The number of hydrogen-bond acceptors (Lipinski definition) is 1. The molecule has 19 heavy (non-hydrogen) atoms. The first kappa shape index (κ1) is 15.5. The van der Waals surface area contributed by atoms with Crippen molar-refractivity contribution in [3.63, 3.8) is 0 Å². The highest BCUT2D eigenvalue weighted by atomic mass is 79.9. The summed E-state index contributed by atoms with van der Waals surface area (Å²) in [5.74, 6) is 0.923. The third kappa shape index (κ3) is 4.30. The molecule has 1 aliphatic carbocycles. The Bertz CT molecular complexity index is 419. The van der Waals surface area contributed by atoms with E-state index in [4.69, 9.17) is 0 Å². The lowest BCUT2D eigenvalue weighted by Gasteiger charge is -2.32. The van der Waals surface area contributed by atoms with Crippen LogP contribution in [0.4, 0.5) is 0 Å². The molecule has 3 unspecified atom stereocenters. The molecule has 106 valence electrons. The molecule has 1 aromatic rings. The quantitative estimate of drug-likeness (QED) is 0.683. The van der Waals surface area contributed by atoms with Gasteiger partial charge in [-0.2, -0.15) is 0 Å². The van der Waals surface area contributed by atoms with E-state index in [2.05, 4.69) is 69.2 Å². The van der Waals surface area contributed by atoms with Crippen LogP contribution >= 0.6 is 31.9 Å². The van der Waals surface area contributed by atoms with Crippen molar-refractivity contribution >= 4 is 31.9 Å². The van der Waals surface area contributed by atoms with Gasteiger partial charge in [-0.25, -0.2) is 0 Å².